The van der Waals surface area contributed by atoms with E-state index in [1.54, 1.807) is 12.4 Å². The second-order valence-electron chi connectivity index (χ2n) is 4.19. The van der Waals surface area contributed by atoms with Crippen molar-refractivity contribution in [3.63, 3.8) is 0 Å². The molecule has 0 spiro atoms. The lowest BCUT2D eigenvalue weighted by molar-refractivity contribution is 0.983. The quantitative estimate of drug-likeness (QED) is 0.856. The van der Waals surface area contributed by atoms with E-state index in [1.165, 1.54) is 0 Å². The van der Waals surface area contributed by atoms with Crippen LogP contribution in [0, 0.1) is 13.8 Å². The van der Waals surface area contributed by atoms with Crippen molar-refractivity contribution >= 4 is 27.3 Å². The van der Waals surface area contributed by atoms with Crippen molar-refractivity contribution in [2.24, 2.45) is 0 Å². The fourth-order valence-corrected chi connectivity index (χ4v) is 2.03. The molecule has 3 N–H and O–H groups in total. The Hall–Kier alpha value is -1.62. The van der Waals surface area contributed by atoms with Crippen molar-refractivity contribution < 1.29 is 0 Å². The monoisotopic (exact) mass is 306 g/mol. The van der Waals surface area contributed by atoms with E-state index in [9.17, 15) is 0 Å². The van der Waals surface area contributed by atoms with Crippen LogP contribution < -0.4 is 11.1 Å². The number of aryl methyl sites for hydroxylation is 2. The molecule has 18 heavy (non-hydrogen) atoms. The average Bonchev–Trinajstić information content (AvgIpc) is 2.34. The van der Waals surface area contributed by atoms with Crippen molar-refractivity contribution in [2.45, 2.75) is 20.4 Å². The van der Waals surface area contributed by atoms with Gasteiger partial charge in [-0.05, 0) is 47.5 Å². The summed E-state index contributed by atoms with van der Waals surface area (Å²) in [6.45, 7) is 4.54. The zero-order chi connectivity index (χ0) is 13.1. The van der Waals surface area contributed by atoms with Gasteiger partial charge in [0, 0.05) is 22.0 Å². The van der Waals surface area contributed by atoms with Gasteiger partial charge in [-0.3, -0.25) is 9.97 Å². The van der Waals surface area contributed by atoms with Crippen LogP contribution in [0.2, 0.25) is 0 Å². The molecule has 0 fully saturated rings. The van der Waals surface area contributed by atoms with E-state index >= 15 is 0 Å². The van der Waals surface area contributed by atoms with Crippen molar-refractivity contribution in [3.8, 4) is 0 Å². The first-order valence-corrected chi connectivity index (χ1v) is 6.42. The topological polar surface area (TPSA) is 63.8 Å². The Balaban J connectivity index is 2.10. The molecule has 0 radical (unpaired) electrons. The number of hydrogen-bond acceptors (Lipinski definition) is 4. The normalized spacial score (nSPS) is 10.4. The first kappa shape index (κ1) is 12.8. The summed E-state index contributed by atoms with van der Waals surface area (Å²) in [7, 11) is 0. The van der Waals surface area contributed by atoms with E-state index < -0.39 is 0 Å². The summed E-state index contributed by atoms with van der Waals surface area (Å²) in [6, 6.07) is 3.92. The largest absolute Gasteiger partial charge is 0.398 e. The second-order valence-corrected chi connectivity index (χ2v) is 5.05. The standard InChI is InChI=1S/C13H15BrN4/c1-8-3-13(11(14)4-12(8)15)18-7-10-6-16-9(2)5-17-10/h3-6,18H,7,15H2,1-2H3. The third-order valence-corrected chi connectivity index (χ3v) is 3.31. The minimum atomic E-state index is 0.634. The third kappa shape index (κ3) is 2.98. The minimum Gasteiger partial charge on any atom is -0.398 e. The van der Waals surface area contributed by atoms with Gasteiger partial charge in [0.25, 0.3) is 0 Å². The molecule has 0 bridgehead atoms. The van der Waals surface area contributed by atoms with Gasteiger partial charge in [-0.25, -0.2) is 0 Å². The molecule has 0 unspecified atom stereocenters. The minimum absolute atomic E-state index is 0.634. The van der Waals surface area contributed by atoms with Crippen LogP contribution in [0.25, 0.3) is 0 Å². The number of nitrogens with one attached hydrogen (secondary N) is 1. The highest BCUT2D eigenvalue weighted by Crippen LogP contribution is 2.27. The molecule has 2 rings (SSSR count). The van der Waals surface area contributed by atoms with Gasteiger partial charge in [0.05, 0.1) is 24.1 Å². The lowest BCUT2D eigenvalue weighted by Gasteiger charge is -2.10. The fourth-order valence-electron chi connectivity index (χ4n) is 1.53. The highest BCUT2D eigenvalue weighted by atomic mass is 79.9. The van der Waals surface area contributed by atoms with Gasteiger partial charge in [-0.15, -0.1) is 0 Å². The number of benzene rings is 1. The average molecular weight is 307 g/mol. The molecule has 0 atom stereocenters. The Bertz CT molecular complexity index is 552. The maximum absolute atomic E-state index is 5.83. The van der Waals surface area contributed by atoms with Crippen LogP contribution >= 0.6 is 15.9 Å². The first-order valence-electron chi connectivity index (χ1n) is 5.63. The number of hydrogen-bond donors (Lipinski definition) is 2. The molecule has 0 aliphatic carbocycles. The van der Waals surface area contributed by atoms with Crippen molar-refractivity contribution in [1.29, 1.82) is 0 Å². The Morgan fingerprint density at radius 3 is 2.67 bits per heavy atom. The van der Waals surface area contributed by atoms with Gasteiger partial charge < -0.3 is 11.1 Å². The van der Waals surface area contributed by atoms with E-state index in [-0.39, 0.29) is 0 Å². The zero-order valence-corrected chi connectivity index (χ0v) is 12.0. The van der Waals surface area contributed by atoms with E-state index in [1.807, 2.05) is 26.0 Å². The smallest absolute Gasteiger partial charge is 0.0777 e. The molecule has 1 aromatic heterocycles. The highest BCUT2D eigenvalue weighted by molar-refractivity contribution is 9.10. The van der Waals surface area contributed by atoms with Gasteiger partial charge in [-0.2, -0.15) is 0 Å². The first-order chi connectivity index (χ1) is 8.56. The molecule has 0 aliphatic heterocycles. The number of nitrogen functional groups attached to an aromatic ring is 1. The second kappa shape index (κ2) is 5.35. The summed E-state index contributed by atoms with van der Waals surface area (Å²) >= 11 is 3.49. The molecule has 2 aromatic rings. The molecule has 94 valence electrons. The van der Waals surface area contributed by atoms with Crippen LogP contribution in [0.15, 0.2) is 29.0 Å². The van der Waals surface area contributed by atoms with Crippen molar-refractivity contribution in [3.05, 3.63) is 46.0 Å². The molecule has 1 heterocycles. The van der Waals surface area contributed by atoms with Gasteiger partial charge in [0.15, 0.2) is 0 Å². The van der Waals surface area contributed by atoms with Crippen LogP contribution in [-0.4, -0.2) is 9.97 Å². The summed E-state index contributed by atoms with van der Waals surface area (Å²) < 4.78 is 0.950. The predicted octanol–water partition coefficient (Wildman–Crippen LogP) is 3.05. The van der Waals surface area contributed by atoms with Gasteiger partial charge in [-0.1, -0.05) is 0 Å². The summed E-state index contributed by atoms with van der Waals surface area (Å²) in [6.07, 6.45) is 3.54. The van der Waals surface area contributed by atoms with E-state index in [0.717, 1.165) is 32.8 Å². The van der Waals surface area contributed by atoms with Crippen LogP contribution in [0.4, 0.5) is 11.4 Å². The molecule has 0 aliphatic rings. The fraction of sp³-hybridized carbons (Fsp3) is 0.231. The Labute approximate surface area is 115 Å². The van der Waals surface area contributed by atoms with Crippen LogP contribution in [0.3, 0.4) is 0 Å². The van der Waals surface area contributed by atoms with Crippen LogP contribution in [-0.2, 0) is 6.54 Å². The lowest BCUT2D eigenvalue weighted by Crippen LogP contribution is -2.04. The maximum atomic E-state index is 5.83. The molecule has 1 aromatic carbocycles. The maximum Gasteiger partial charge on any atom is 0.0777 e. The summed E-state index contributed by atoms with van der Waals surface area (Å²) in [5.41, 5.74) is 10.5. The number of rotatable bonds is 3. The molecular formula is C13H15BrN4. The summed E-state index contributed by atoms with van der Waals surface area (Å²) in [5.74, 6) is 0. The Morgan fingerprint density at radius 1 is 1.22 bits per heavy atom. The van der Waals surface area contributed by atoms with Crippen molar-refractivity contribution in [2.75, 3.05) is 11.1 Å². The molecule has 0 saturated heterocycles. The number of nitrogens with two attached hydrogens (primary N) is 1. The lowest BCUT2D eigenvalue weighted by atomic mass is 10.2. The van der Waals surface area contributed by atoms with E-state index in [4.69, 9.17) is 5.73 Å². The van der Waals surface area contributed by atoms with Crippen molar-refractivity contribution in [1.82, 2.24) is 9.97 Å². The predicted molar refractivity (Wildman–Crippen MR) is 77.4 cm³/mol. The molecule has 5 heteroatoms. The number of halogens is 1. The van der Waals surface area contributed by atoms with E-state index in [2.05, 4.69) is 31.2 Å². The molecular weight excluding hydrogens is 292 g/mol. The number of anilines is 2. The van der Waals surface area contributed by atoms with Crippen LogP contribution in [0.1, 0.15) is 17.0 Å². The summed E-state index contributed by atoms with van der Waals surface area (Å²) in [5, 5.41) is 3.31. The zero-order valence-electron chi connectivity index (χ0n) is 10.4. The third-order valence-electron chi connectivity index (χ3n) is 2.65. The number of nitrogens with zero attached hydrogens (tertiary/aromatic N) is 2. The molecule has 0 saturated carbocycles. The SMILES string of the molecule is Cc1cnc(CNc2cc(C)c(N)cc2Br)cn1. The summed E-state index contributed by atoms with van der Waals surface area (Å²) in [4.78, 5) is 8.51. The van der Waals surface area contributed by atoms with Crippen LogP contribution in [0.5, 0.6) is 0 Å². The van der Waals surface area contributed by atoms with E-state index in [0.29, 0.717) is 6.54 Å². The highest BCUT2D eigenvalue weighted by Gasteiger charge is 2.04. The Kier molecular flexibility index (Phi) is 3.81. The number of aromatic nitrogens is 2. The van der Waals surface area contributed by atoms with Gasteiger partial charge in [0.1, 0.15) is 0 Å². The van der Waals surface area contributed by atoms with Gasteiger partial charge >= 0.3 is 0 Å². The molecule has 0 amide bonds. The van der Waals surface area contributed by atoms with Gasteiger partial charge in [0.2, 0.25) is 0 Å². The Morgan fingerprint density at radius 2 is 2.00 bits per heavy atom. The molecule has 4 nitrogen and oxygen atoms in total.